The molecular formula is C23H27FN4O3. The molecule has 0 spiro atoms. The van der Waals surface area contributed by atoms with Crippen LogP contribution in [0.1, 0.15) is 36.9 Å². The number of hydrogen-bond donors (Lipinski definition) is 2. The van der Waals surface area contributed by atoms with Crippen LogP contribution >= 0.6 is 0 Å². The first-order valence-corrected chi connectivity index (χ1v) is 10.3. The fraction of sp³-hybridized carbons (Fsp3) is 0.391. The van der Waals surface area contributed by atoms with Crippen LogP contribution in [0, 0.1) is 17.7 Å². The largest absolute Gasteiger partial charge is 0.469 e. The fourth-order valence-electron chi connectivity index (χ4n) is 3.69. The van der Waals surface area contributed by atoms with Gasteiger partial charge in [0, 0.05) is 12.6 Å². The van der Waals surface area contributed by atoms with Crippen LogP contribution in [0.3, 0.4) is 0 Å². The van der Waals surface area contributed by atoms with E-state index >= 15 is 0 Å². The van der Waals surface area contributed by atoms with E-state index in [2.05, 4.69) is 27.2 Å². The Morgan fingerprint density at radius 1 is 1.16 bits per heavy atom. The summed E-state index contributed by atoms with van der Waals surface area (Å²) in [6.45, 7) is 4.78. The summed E-state index contributed by atoms with van der Waals surface area (Å²) in [6.07, 6.45) is 5.07. The quantitative estimate of drug-likeness (QED) is 0.629. The van der Waals surface area contributed by atoms with E-state index in [1.165, 1.54) is 25.6 Å². The molecule has 1 saturated carbocycles. The third-order valence-corrected chi connectivity index (χ3v) is 5.51. The number of methoxy groups -OCH3 is 1. The van der Waals surface area contributed by atoms with Crippen molar-refractivity contribution in [1.82, 2.24) is 15.3 Å². The first-order chi connectivity index (χ1) is 14.9. The molecule has 2 N–H and O–H groups in total. The number of nitrogens with zero attached hydrogens (tertiary/aromatic N) is 2. The average Bonchev–Trinajstić information content (AvgIpc) is 2.79. The highest BCUT2D eigenvalue weighted by molar-refractivity contribution is 5.91. The molecule has 1 aliphatic carbocycles. The van der Waals surface area contributed by atoms with Crippen LogP contribution in [-0.2, 0) is 20.7 Å². The van der Waals surface area contributed by atoms with Crippen LogP contribution < -0.4 is 10.6 Å². The number of halogens is 1. The van der Waals surface area contributed by atoms with Gasteiger partial charge >= 0.3 is 5.97 Å². The predicted molar refractivity (Wildman–Crippen MR) is 115 cm³/mol. The summed E-state index contributed by atoms with van der Waals surface area (Å²) in [5, 5.41) is 6.03. The van der Waals surface area contributed by atoms with E-state index in [9.17, 15) is 14.0 Å². The molecule has 0 radical (unpaired) electrons. The van der Waals surface area contributed by atoms with Gasteiger partial charge in [-0.05, 0) is 49.3 Å². The number of amides is 1. The topological polar surface area (TPSA) is 93.2 Å². The Morgan fingerprint density at radius 3 is 2.55 bits per heavy atom. The first kappa shape index (κ1) is 22.4. The van der Waals surface area contributed by atoms with Crippen LogP contribution in [0.15, 0.2) is 43.2 Å². The zero-order chi connectivity index (χ0) is 22.2. The Hall–Kier alpha value is -3.29. The summed E-state index contributed by atoms with van der Waals surface area (Å²) in [4.78, 5) is 32.2. The summed E-state index contributed by atoms with van der Waals surface area (Å²) >= 11 is 0. The van der Waals surface area contributed by atoms with Crippen molar-refractivity contribution in [2.75, 3.05) is 19.0 Å². The zero-order valence-corrected chi connectivity index (χ0v) is 17.6. The van der Waals surface area contributed by atoms with Crippen molar-refractivity contribution in [2.24, 2.45) is 11.8 Å². The molecular weight excluding hydrogens is 399 g/mol. The Morgan fingerprint density at radius 2 is 1.87 bits per heavy atom. The molecule has 1 heterocycles. The van der Waals surface area contributed by atoms with Crippen molar-refractivity contribution >= 4 is 23.4 Å². The molecule has 164 valence electrons. The highest BCUT2D eigenvalue weighted by Crippen LogP contribution is 2.29. The minimum atomic E-state index is -0.341. The molecule has 1 amide bonds. The normalized spacial score (nSPS) is 18.1. The molecule has 8 heteroatoms. The van der Waals surface area contributed by atoms with Gasteiger partial charge in [0.05, 0.1) is 30.8 Å². The second-order valence-electron chi connectivity index (χ2n) is 7.74. The van der Waals surface area contributed by atoms with E-state index in [-0.39, 0.29) is 30.0 Å². The molecule has 0 aliphatic heterocycles. The number of esters is 1. The molecule has 0 unspecified atom stereocenters. The number of carbonyl (C=O) groups is 2. The number of rotatable bonds is 8. The van der Waals surface area contributed by atoms with Crippen molar-refractivity contribution < 1.29 is 18.7 Å². The lowest BCUT2D eigenvalue weighted by Gasteiger charge is -2.27. The predicted octanol–water partition coefficient (Wildman–Crippen LogP) is 3.34. The minimum Gasteiger partial charge on any atom is -0.469 e. The van der Waals surface area contributed by atoms with Gasteiger partial charge in [-0.25, -0.2) is 14.4 Å². The lowest BCUT2D eigenvalue weighted by molar-refractivity contribution is -0.146. The number of carbonyl (C=O) groups excluding carboxylic acids is 2. The first-order valence-electron chi connectivity index (χ1n) is 10.3. The van der Waals surface area contributed by atoms with Crippen molar-refractivity contribution in [3.63, 3.8) is 0 Å². The Balaban J connectivity index is 1.48. The number of hydrogen-bond acceptors (Lipinski definition) is 6. The highest BCUT2D eigenvalue weighted by atomic mass is 19.1. The molecule has 0 saturated heterocycles. The second kappa shape index (κ2) is 10.7. The van der Waals surface area contributed by atoms with Crippen LogP contribution in [0.5, 0.6) is 0 Å². The number of nitrogens with one attached hydrogen (secondary N) is 2. The van der Waals surface area contributed by atoms with Crippen LogP contribution in [0.2, 0.25) is 0 Å². The number of ether oxygens (including phenoxy) is 1. The van der Waals surface area contributed by atoms with Gasteiger partial charge in [-0.15, -0.1) is 0 Å². The van der Waals surface area contributed by atoms with Gasteiger partial charge in [-0.1, -0.05) is 18.7 Å². The molecule has 2 aromatic rings. The van der Waals surface area contributed by atoms with Crippen LogP contribution in [-0.4, -0.2) is 35.5 Å². The van der Waals surface area contributed by atoms with E-state index in [1.54, 1.807) is 18.2 Å². The van der Waals surface area contributed by atoms with E-state index in [1.807, 2.05) is 0 Å². The van der Waals surface area contributed by atoms with Crippen molar-refractivity contribution in [3.8, 4) is 0 Å². The minimum absolute atomic E-state index is 0.00685. The SMILES string of the molecule is C=C(NCC1CCC(C(=O)OC)CC1)c1cc(NC(=O)Cc2ccc(F)cc2)ncn1. The molecule has 1 aromatic heterocycles. The lowest BCUT2D eigenvalue weighted by atomic mass is 9.82. The molecule has 3 rings (SSSR count). The maximum atomic E-state index is 13.0. The number of anilines is 1. The number of benzene rings is 1. The van der Waals surface area contributed by atoms with Gasteiger partial charge in [0.1, 0.15) is 18.0 Å². The zero-order valence-electron chi connectivity index (χ0n) is 17.6. The van der Waals surface area contributed by atoms with E-state index in [0.29, 0.717) is 28.7 Å². The lowest BCUT2D eigenvalue weighted by Crippen LogP contribution is -2.28. The smallest absolute Gasteiger partial charge is 0.308 e. The fourth-order valence-corrected chi connectivity index (χ4v) is 3.69. The van der Waals surface area contributed by atoms with Crippen molar-refractivity contribution in [2.45, 2.75) is 32.1 Å². The van der Waals surface area contributed by atoms with Crippen molar-refractivity contribution in [3.05, 3.63) is 60.3 Å². The maximum absolute atomic E-state index is 13.0. The van der Waals surface area contributed by atoms with Gasteiger partial charge in [0.25, 0.3) is 0 Å². The maximum Gasteiger partial charge on any atom is 0.308 e. The molecule has 1 aromatic carbocycles. The summed E-state index contributed by atoms with van der Waals surface area (Å²) in [7, 11) is 1.43. The van der Waals surface area contributed by atoms with Gasteiger partial charge in [0.15, 0.2) is 0 Å². The average molecular weight is 426 g/mol. The van der Waals surface area contributed by atoms with E-state index in [0.717, 1.165) is 32.2 Å². The highest BCUT2D eigenvalue weighted by Gasteiger charge is 2.26. The van der Waals surface area contributed by atoms with Gasteiger partial charge < -0.3 is 15.4 Å². The summed E-state index contributed by atoms with van der Waals surface area (Å²) in [5.41, 5.74) is 1.95. The van der Waals surface area contributed by atoms with E-state index in [4.69, 9.17) is 4.74 Å². The van der Waals surface area contributed by atoms with Crippen LogP contribution in [0.4, 0.5) is 10.2 Å². The Bertz CT molecular complexity index is 925. The molecule has 7 nitrogen and oxygen atoms in total. The summed E-state index contributed by atoms with van der Waals surface area (Å²) in [5.74, 6) is 0.121. The third-order valence-electron chi connectivity index (χ3n) is 5.51. The molecule has 1 aliphatic rings. The van der Waals surface area contributed by atoms with Gasteiger partial charge in [0.2, 0.25) is 5.91 Å². The van der Waals surface area contributed by atoms with Gasteiger partial charge in [-0.2, -0.15) is 0 Å². The summed E-state index contributed by atoms with van der Waals surface area (Å²) in [6, 6.07) is 7.45. The standard InChI is InChI=1S/C23H27FN4O3/c1-15(25-13-17-3-7-18(8-4-17)23(30)31-2)20-12-21(27-14-26-20)28-22(29)11-16-5-9-19(24)10-6-16/h5-6,9-10,12,14,17-18,25H,1,3-4,7-8,11,13H2,2H3,(H,26,27,28,29). The van der Waals surface area contributed by atoms with E-state index < -0.39 is 0 Å². The monoisotopic (exact) mass is 426 g/mol. The molecule has 0 bridgehead atoms. The van der Waals surface area contributed by atoms with Gasteiger partial charge in [-0.3, -0.25) is 9.59 Å². The Kier molecular flexibility index (Phi) is 7.70. The van der Waals surface area contributed by atoms with Crippen molar-refractivity contribution in [1.29, 1.82) is 0 Å². The van der Waals surface area contributed by atoms with Crippen LogP contribution in [0.25, 0.3) is 5.70 Å². The number of aromatic nitrogens is 2. The molecule has 31 heavy (non-hydrogen) atoms. The third kappa shape index (κ3) is 6.60. The molecule has 1 fully saturated rings. The summed E-state index contributed by atoms with van der Waals surface area (Å²) < 4.78 is 17.8. The molecule has 0 atom stereocenters. The Labute approximate surface area is 181 Å². The second-order valence-corrected chi connectivity index (χ2v) is 7.74.